The summed E-state index contributed by atoms with van der Waals surface area (Å²) in [6.45, 7) is 2.62. The fourth-order valence-electron chi connectivity index (χ4n) is 2.09. The van der Waals surface area contributed by atoms with Gasteiger partial charge in [-0.25, -0.2) is 0 Å². The molecule has 0 unspecified atom stereocenters. The third-order valence-corrected chi connectivity index (χ3v) is 3.52. The summed E-state index contributed by atoms with van der Waals surface area (Å²) in [6, 6.07) is 9.83. The van der Waals surface area contributed by atoms with Crippen molar-refractivity contribution < 1.29 is 10.0 Å². The van der Waals surface area contributed by atoms with Crippen molar-refractivity contribution in [3.63, 3.8) is 0 Å². The number of benzene rings is 2. The molecule has 0 saturated heterocycles. The van der Waals surface area contributed by atoms with Crippen LogP contribution in [0.5, 0.6) is 5.75 Å². The van der Waals surface area contributed by atoms with E-state index in [9.17, 15) is 15.2 Å². The standard InChI is InChI=1S/C15H15ClN2O3/c1-10-11(3-2-4-14(10)18(20)21)8-17-9-12-7-13(16)5-6-15(12)19/h2-7,17,19H,8-9H2,1H3. The van der Waals surface area contributed by atoms with Gasteiger partial charge in [0.25, 0.3) is 5.69 Å². The quantitative estimate of drug-likeness (QED) is 0.654. The smallest absolute Gasteiger partial charge is 0.272 e. The van der Waals surface area contributed by atoms with E-state index in [0.717, 1.165) is 5.56 Å². The number of phenolic OH excluding ortho intramolecular Hbond substituents is 1. The fourth-order valence-corrected chi connectivity index (χ4v) is 2.28. The predicted molar refractivity (Wildman–Crippen MR) is 81.5 cm³/mol. The molecular weight excluding hydrogens is 292 g/mol. The summed E-state index contributed by atoms with van der Waals surface area (Å²) >= 11 is 5.88. The summed E-state index contributed by atoms with van der Waals surface area (Å²) < 4.78 is 0. The number of hydrogen-bond donors (Lipinski definition) is 2. The normalized spacial score (nSPS) is 10.6. The van der Waals surface area contributed by atoms with Gasteiger partial charge >= 0.3 is 0 Å². The van der Waals surface area contributed by atoms with E-state index in [0.29, 0.717) is 29.2 Å². The average Bonchev–Trinajstić information content (AvgIpc) is 2.44. The van der Waals surface area contributed by atoms with Gasteiger partial charge in [0.05, 0.1) is 4.92 Å². The number of hydrogen-bond acceptors (Lipinski definition) is 4. The van der Waals surface area contributed by atoms with Gasteiger partial charge in [0.1, 0.15) is 5.75 Å². The Morgan fingerprint density at radius 3 is 2.67 bits per heavy atom. The maximum atomic E-state index is 10.9. The van der Waals surface area contributed by atoms with Crippen LogP contribution in [0.3, 0.4) is 0 Å². The van der Waals surface area contributed by atoms with Gasteiger partial charge in [0.2, 0.25) is 0 Å². The summed E-state index contributed by atoms with van der Waals surface area (Å²) in [5, 5.41) is 24.3. The molecule has 0 atom stereocenters. The van der Waals surface area contributed by atoms with Gasteiger partial charge in [0, 0.05) is 35.3 Å². The molecule has 0 aromatic heterocycles. The summed E-state index contributed by atoms with van der Waals surface area (Å²) in [7, 11) is 0. The maximum absolute atomic E-state index is 10.9. The van der Waals surface area contributed by atoms with E-state index in [1.807, 2.05) is 6.07 Å². The monoisotopic (exact) mass is 306 g/mol. The minimum Gasteiger partial charge on any atom is -0.508 e. The van der Waals surface area contributed by atoms with Crippen LogP contribution >= 0.6 is 11.6 Å². The first-order valence-corrected chi connectivity index (χ1v) is 6.78. The molecule has 0 aliphatic carbocycles. The summed E-state index contributed by atoms with van der Waals surface area (Å²) in [5.74, 6) is 0.169. The molecule has 0 aliphatic heterocycles. The highest BCUT2D eigenvalue weighted by Gasteiger charge is 2.12. The molecule has 21 heavy (non-hydrogen) atoms. The van der Waals surface area contributed by atoms with Crippen LogP contribution in [0.2, 0.25) is 5.02 Å². The van der Waals surface area contributed by atoms with Crippen LogP contribution in [0.25, 0.3) is 0 Å². The van der Waals surface area contributed by atoms with Crippen molar-refractivity contribution in [1.29, 1.82) is 0 Å². The highest BCUT2D eigenvalue weighted by Crippen LogP contribution is 2.23. The van der Waals surface area contributed by atoms with Crippen LogP contribution in [0.1, 0.15) is 16.7 Å². The van der Waals surface area contributed by atoms with Gasteiger partial charge in [-0.15, -0.1) is 0 Å². The molecule has 6 heteroatoms. The molecule has 0 fully saturated rings. The van der Waals surface area contributed by atoms with E-state index in [2.05, 4.69) is 5.32 Å². The topological polar surface area (TPSA) is 75.4 Å². The molecule has 0 bridgehead atoms. The lowest BCUT2D eigenvalue weighted by atomic mass is 10.1. The molecule has 0 spiro atoms. The van der Waals surface area contributed by atoms with Crippen LogP contribution < -0.4 is 5.32 Å². The molecule has 0 aliphatic rings. The molecule has 0 saturated carbocycles. The molecule has 0 heterocycles. The molecule has 2 aromatic rings. The molecule has 110 valence electrons. The number of nitro benzene ring substituents is 1. The molecule has 2 N–H and O–H groups in total. The Hall–Kier alpha value is -2.11. The van der Waals surface area contributed by atoms with Crippen molar-refractivity contribution in [2.75, 3.05) is 0 Å². The second kappa shape index (κ2) is 6.56. The Kier molecular flexibility index (Phi) is 4.77. The van der Waals surface area contributed by atoms with Gasteiger partial charge in [-0.3, -0.25) is 10.1 Å². The Morgan fingerprint density at radius 2 is 1.95 bits per heavy atom. The number of aromatic hydroxyl groups is 1. The van der Waals surface area contributed by atoms with Crippen LogP contribution in [-0.2, 0) is 13.1 Å². The first-order chi connectivity index (χ1) is 9.99. The van der Waals surface area contributed by atoms with E-state index in [-0.39, 0.29) is 16.4 Å². The summed E-state index contributed by atoms with van der Waals surface area (Å²) in [4.78, 5) is 10.5. The summed E-state index contributed by atoms with van der Waals surface area (Å²) in [6.07, 6.45) is 0. The van der Waals surface area contributed by atoms with E-state index in [1.165, 1.54) is 12.1 Å². The number of nitrogens with zero attached hydrogens (tertiary/aromatic N) is 1. The number of halogens is 1. The average molecular weight is 307 g/mol. The van der Waals surface area contributed by atoms with Crippen LogP contribution in [0.4, 0.5) is 5.69 Å². The van der Waals surface area contributed by atoms with E-state index in [1.54, 1.807) is 25.1 Å². The Labute approximate surface area is 127 Å². The Balaban J connectivity index is 2.05. The van der Waals surface area contributed by atoms with Crippen LogP contribution in [0, 0.1) is 17.0 Å². The van der Waals surface area contributed by atoms with Crippen molar-refractivity contribution in [3.8, 4) is 5.75 Å². The zero-order valence-electron chi connectivity index (χ0n) is 11.5. The number of nitrogens with one attached hydrogen (secondary N) is 1. The third kappa shape index (κ3) is 3.71. The SMILES string of the molecule is Cc1c(CNCc2cc(Cl)ccc2O)cccc1[N+](=O)[O-]. The lowest BCUT2D eigenvalue weighted by Gasteiger charge is -2.09. The van der Waals surface area contributed by atoms with Gasteiger partial charge < -0.3 is 10.4 Å². The largest absolute Gasteiger partial charge is 0.508 e. The summed E-state index contributed by atoms with van der Waals surface area (Å²) in [5.41, 5.74) is 2.29. The minimum absolute atomic E-state index is 0.111. The van der Waals surface area contributed by atoms with Gasteiger partial charge in [-0.1, -0.05) is 23.7 Å². The number of rotatable bonds is 5. The van der Waals surface area contributed by atoms with Crippen molar-refractivity contribution >= 4 is 17.3 Å². The maximum Gasteiger partial charge on any atom is 0.272 e. The molecular formula is C15H15ClN2O3. The fraction of sp³-hybridized carbons (Fsp3) is 0.200. The van der Waals surface area contributed by atoms with Crippen molar-refractivity contribution in [2.45, 2.75) is 20.0 Å². The molecule has 0 radical (unpaired) electrons. The van der Waals surface area contributed by atoms with Crippen molar-refractivity contribution in [1.82, 2.24) is 5.32 Å². The van der Waals surface area contributed by atoms with Crippen molar-refractivity contribution in [2.24, 2.45) is 0 Å². The second-order valence-electron chi connectivity index (χ2n) is 4.69. The van der Waals surface area contributed by atoms with Crippen LogP contribution in [0.15, 0.2) is 36.4 Å². The van der Waals surface area contributed by atoms with E-state index >= 15 is 0 Å². The van der Waals surface area contributed by atoms with E-state index in [4.69, 9.17) is 11.6 Å². The second-order valence-corrected chi connectivity index (χ2v) is 5.13. The van der Waals surface area contributed by atoms with Gasteiger partial charge in [-0.2, -0.15) is 0 Å². The third-order valence-electron chi connectivity index (χ3n) is 3.29. The number of nitro groups is 1. The van der Waals surface area contributed by atoms with Gasteiger partial charge in [0.15, 0.2) is 0 Å². The van der Waals surface area contributed by atoms with E-state index < -0.39 is 0 Å². The van der Waals surface area contributed by atoms with Gasteiger partial charge in [-0.05, 0) is 30.7 Å². The molecule has 2 aromatic carbocycles. The Morgan fingerprint density at radius 1 is 1.24 bits per heavy atom. The molecule has 0 amide bonds. The van der Waals surface area contributed by atoms with Crippen LogP contribution in [-0.4, -0.2) is 10.0 Å². The number of phenols is 1. The first-order valence-electron chi connectivity index (χ1n) is 6.40. The highest BCUT2D eigenvalue weighted by molar-refractivity contribution is 6.30. The minimum atomic E-state index is -0.387. The molecule has 2 rings (SSSR count). The zero-order chi connectivity index (χ0) is 15.4. The lowest BCUT2D eigenvalue weighted by Crippen LogP contribution is -2.14. The van der Waals surface area contributed by atoms with Crippen molar-refractivity contribution in [3.05, 3.63) is 68.2 Å². The highest BCUT2D eigenvalue weighted by atomic mass is 35.5. The zero-order valence-corrected chi connectivity index (χ0v) is 12.2. The first kappa shape index (κ1) is 15.3. The lowest BCUT2D eigenvalue weighted by molar-refractivity contribution is -0.385. The Bertz CT molecular complexity index is 674. The molecule has 5 nitrogen and oxygen atoms in total. The predicted octanol–water partition coefficient (Wildman–Crippen LogP) is 3.55.